The molecule has 18 heavy (non-hydrogen) atoms. The van der Waals surface area contributed by atoms with Gasteiger partial charge in [-0.15, -0.1) is 0 Å². The number of rotatable bonds is 4. The smallest absolute Gasteiger partial charge is 0.327 e. The van der Waals surface area contributed by atoms with E-state index in [0.29, 0.717) is 0 Å². The number of amides is 4. The van der Waals surface area contributed by atoms with Crippen LogP contribution < -0.4 is 0 Å². The molecule has 4 amide bonds. The summed E-state index contributed by atoms with van der Waals surface area (Å²) in [5, 5.41) is 8.76. The number of aliphatic carboxylic acids is 1. The van der Waals surface area contributed by atoms with E-state index in [1.807, 2.05) is 0 Å². The van der Waals surface area contributed by atoms with Crippen molar-refractivity contribution in [2.24, 2.45) is 0 Å². The molecule has 0 aromatic carbocycles. The van der Waals surface area contributed by atoms with Crippen LogP contribution in [0.25, 0.3) is 0 Å². The quantitative estimate of drug-likeness (QED) is 0.639. The van der Waals surface area contributed by atoms with Crippen LogP contribution in [-0.4, -0.2) is 76.8 Å². The lowest BCUT2D eigenvalue weighted by molar-refractivity contribution is -0.148. The number of hydrogen-bond donors (Lipinski definition) is 1. The molecule has 0 aliphatic carbocycles. The minimum atomic E-state index is -1.15. The van der Waals surface area contributed by atoms with E-state index in [2.05, 4.69) is 0 Å². The molecule has 1 atom stereocenters. The topological polar surface area (TPSA) is 98.2 Å². The van der Waals surface area contributed by atoms with Crippen LogP contribution in [0.2, 0.25) is 0 Å². The van der Waals surface area contributed by atoms with E-state index in [4.69, 9.17) is 5.11 Å². The highest BCUT2D eigenvalue weighted by Crippen LogP contribution is 2.08. The summed E-state index contributed by atoms with van der Waals surface area (Å²) in [5.74, 6) is -2.21. The number of nitrogens with zero attached hydrogens (tertiary/aromatic N) is 3. The van der Waals surface area contributed by atoms with Gasteiger partial charge in [0.15, 0.2) is 0 Å². The summed E-state index contributed by atoms with van der Waals surface area (Å²) >= 11 is 0. The summed E-state index contributed by atoms with van der Waals surface area (Å²) in [6, 6.07) is -1.56. The molecule has 1 fully saturated rings. The maximum absolute atomic E-state index is 11.7. The summed E-state index contributed by atoms with van der Waals surface area (Å²) in [6.07, 6.45) is 0. The minimum absolute atomic E-state index is 0.0652. The minimum Gasteiger partial charge on any atom is -0.480 e. The zero-order valence-corrected chi connectivity index (χ0v) is 10.4. The Balaban J connectivity index is 2.68. The Bertz CT molecular complexity index is 408. The lowest BCUT2D eigenvalue weighted by Crippen LogP contribution is -2.47. The normalized spacial score (nSPS) is 17.1. The first-order valence-electron chi connectivity index (χ1n) is 5.29. The van der Waals surface area contributed by atoms with Crippen LogP contribution in [0, 0.1) is 0 Å². The molecule has 0 saturated carbocycles. The number of carbonyl (C=O) groups is 4. The fourth-order valence-corrected chi connectivity index (χ4v) is 1.45. The van der Waals surface area contributed by atoms with Crippen molar-refractivity contribution in [1.82, 2.24) is 14.7 Å². The summed E-state index contributed by atoms with van der Waals surface area (Å²) in [4.78, 5) is 48.4. The molecule has 1 unspecified atom stereocenters. The van der Waals surface area contributed by atoms with Crippen LogP contribution in [0.5, 0.6) is 0 Å². The zero-order chi connectivity index (χ0) is 14.0. The molecule has 8 nitrogen and oxygen atoms in total. The Hall–Kier alpha value is -2.12. The predicted octanol–water partition coefficient (Wildman–Crippen LogP) is -1.19. The van der Waals surface area contributed by atoms with Crippen molar-refractivity contribution in [2.75, 3.05) is 27.2 Å². The molecule has 0 aromatic heterocycles. The fourth-order valence-electron chi connectivity index (χ4n) is 1.45. The molecule has 100 valence electrons. The highest BCUT2D eigenvalue weighted by atomic mass is 16.4. The van der Waals surface area contributed by atoms with Crippen molar-refractivity contribution in [3.8, 4) is 0 Å². The molecule has 1 rings (SSSR count). The van der Waals surface area contributed by atoms with Gasteiger partial charge in [0, 0.05) is 14.1 Å². The second-order valence-corrected chi connectivity index (χ2v) is 4.14. The lowest BCUT2D eigenvalue weighted by atomic mass is 10.3. The molecule has 1 N–H and O–H groups in total. The summed E-state index contributed by atoms with van der Waals surface area (Å²) in [5.41, 5.74) is 0. The van der Waals surface area contributed by atoms with Crippen LogP contribution in [0.15, 0.2) is 0 Å². The average Bonchev–Trinajstić information content (AvgIpc) is 2.53. The molecular weight excluding hydrogens is 242 g/mol. The van der Waals surface area contributed by atoms with Crippen molar-refractivity contribution < 1.29 is 24.3 Å². The molecule has 8 heteroatoms. The van der Waals surface area contributed by atoms with E-state index in [0.717, 1.165) is 9.80 Å². The predicted molar refractivity (Wildman–Crippen MR) is 59.6 cm³/mol. The first-order valence-corrected chi connectivity index (χ1v) is 5.29. The van der Waals surface area contributed by atoms with Gasteiger partial charge in [0.1, 0.15) is 19.1 Å². The van der Waals surface area contributed by atoms with Crippen LogP contribution in [0.3, 0.4) is 0 Å². The zero-order valence-electron chi connectivity index (χ0n) is 10.4. The largest absolute Gasteiger partial charge is 0.480 e. The second kappa shape index (κ2) is 5.03. The van der Waals surface area contributed by atoms with E-state index in [-0.39, 0.29) is 6.54 Å². The Morgan fingerprint density at radius 2 is 2.00 bits per heavy atom. The molecule has 1 aliphatic rings. The number of carboxylic acids is 1. The third-order valence-corrected chi connectivity index (χ3v) is 2.86. The van der Waals surface area contributed by atoms with E-state index in [1.165, 1.54) is 25.9 Å². The van der Waals surface area contributed by atoms with Gasteiger partial charge in [-0.25, -0.2) is 9.59 Å². The van der Waals surface area contributed by atoms with Gasteiger partial charge in [-0.3, -0.25) is 14.5 Å². The molecule has 1 saturated heterocycles. The Morgan fingerprint density at radius 1 is 1.44 bits per heavy atom. The van der Waals surface area contributed by atoms with Gasteiger partial charge < -0.3 is 14.9 Å². The van der Waals surface area contributed by atoms with Crippen LogP contribution in [0.4, 0.5) is 4.79 Å². The number of carbonyl (C=O) groups excluding carboxylic acids is 3. The molecular formula is C10H15N3O5. The van der Waals surface area contributed by atoms with Crippen molar-refractivity contribution in [3.63, 3.8) is 0 Å². The fraction of sp³-hybridized carbons (Fsp3) is 0.600. The highest BCUT2D eigenvalue weighted by molar-refractivity contribution is 6.04. The summed E-state index contributed by atoms with van der Waals surface area (Å²) in [6.45, 7) is 0.848. The van der Waals surface area contributed by atoms with Gasteiger partial charge in [-0.2, -0.15) is 0 Å². The molecule has 0 radical (unpaired) electrons. The molecule has 1 heterocycles. The highest BCUT2D eigenvalue weighted by Gasteiger charge is 2.36. The molecule has 0 aromatic rings. The van der Waals surface area contributed by atoms with Gasteiger partial charge in [0.2, 0.25) is 5.91 Å². The number of hydrogen-bond acceptors (Lipinski definition) is 4. The van der Waals surface area contributed by atoms with Crippen LogP contribution in [-0.2, 0) is 14.4 Å². The van der Waals surface area contributed by atoms with Gasteiger partial charge in [0.05, 0.1) is 0 Å². The number of urea groups is 1. The first-order chi connectivity index (χ1) is 8.25. The first kappa shape index (κ1) is 13.9. The molecule has 1 aliphatic heterocycles. The summed E-state index contributed by atoms with van der Waals surface area (Å²) in [7, 11) is 2.77. The SMILES string of the molecule is CC(C(=O)O)N(C)C(=O)CN1C(=O)CN(C)C1=O. The lowest BCUT2D eigenvalue weighted by Gasteiger charge is -2.23. The van der Waals surface area contributed by atoms with E-state index in [9.17, 15) is 19.2 Å². The Labute approximate surface area is 104 Å². The third kappa shape index (κ3) is 2.58. The standard InChI is InChI=1S/C10H15N3O5/c1-6(9(16)17)12(3)7(14)5-13-8(15)4-11(2)10(13)18/h6H,4-5H2,1-3H3,(H,16,17). The average molecular weight is 257 g/mol. The van der Waals surface area contributed by atoms with Gasteiger partial charge in [-0.05, 0) is 6.92 Å². The van der Waals surface area contributed by atoms with Crippen LogP contribution >= 0.6 is 0 Å². The van der Waals surface area contributed by atoms with Gasteiger partial charge in [0.25, 0.3) is 5.91 Å². The monoisotopic (exact) mass is 257 g/mol. The Morgan fingerprint density at radius 3 is 2.39 bits per heavy atom. The summed E-state index contributed by atoms with van der Waals surface area (Å²) < 4.78 is 0. The van der Waals surface area contributed by atoms with E-state index >= 15 is 0 Å². The van der Waals surface area contributed by atoms with Crippen molar-refractivity contribution in [3.05, 3.63) is 0 Å². The van der Waals surface area contributed by atoms with Crippen molar-refractivity contribution in [2.45, 2.75) is 13.0 Å². The maximum atomic E-state index is 11.7. The number of likely N-dealkylation sites (N-methyl/N-ethyl adjacent to an activating group) is 2. The Kier molecular flexibility index (Phi) is 3.89. The van der Waals surface area contributed by atoms with Crippen molar-refractivity contribution >= 4 is 23.8 Å². The molecule has 0 bridgehead atoms. The number of carboxylic acid groups (broad SMARTS) is 1. The van der Waals surface area contributed by atoms with Gasteiger partial charge in [-0.1, -0.05) is 0 Å². The van der Waals surface area contributed by atoms with E-state index in [1.54, 1.807) is 0 Å². The van der Waals surface area contributed by atoms with E-state index < -0.39 is 36.4 Å². The van der Waals surface area contributed by atoms with Gasteiger partial charge >= 0.3 is 12.0 Å². The van der Waals surface area contributed by atoms with Crippen LogP contribution in [0.1, 0.15) is 6.92 Å². The second-order valence-electron chi connectivity index (χ2n) is 4.14. The molecule has 0 spiro atoms. The van der Waals surface area contributed by atoms with Crippen molar-refractivity contribution in [1.29, 1.82) is 0 Å². The number of imide groups is 1. The maximum Gasteiger partial charge on any atom is 0.327 e. The third-order valence-electron chi connectivity index (χ3n) is 2.86.